The van der Waals surface area contributed by atoms with Gasteiger partial charge in [0.2, 0.25) is 0 Å². The number of Topliss-reactive ketones (excluding diaryl/α,β-unsaturated/α-hetero) is 1. The lowest BCUT2D eigenvalue weighted by molar-refractivity contribution is 0.100. The molecule has 1 aliphatic rings. The highest BCUT2D eigenvalue weighted by Gasteiger charge is 2.25. The number of likely N-dealkylation sites (tertiary alicyclic amines) is 1. The first-order chi connectivity index (χ1) is 8.47. The number of hydrogen-bond acceptors (Lipinski definition) is 3. The Morgan fingerprint density at radius 1 is 1.56 bits per heavy atom. The van der Waals surface area contributed by atoms with Gasteiger partial charge in [-0.2, -0.15) is 5.10 Å². The van der Waals surface area contributed by atoms with Crippen molar-refractivity contribution in [3.05, 3.63) is 17.5 Å². The molecule has 1 aromatic heterocycles. The number of nitrogens with zero attached hydrogens (tertiary/aromatic N) is 3. The molecule has 0 aromatic carbocycles. The Morgan fingerprint density at radius 2 is 2.28 bits per heavy atom. The molecule has 100 valence electrons. The monoisotopic (exact) mass is 249 g/mol. The number of carbonyl (C=O) groups excluding carboxylic acids is 1. The molecule has 1 aromatic rings. The molecule has 2 rings (SSSR count). The maximum atomic E-state index is 11.4. The second-order valence-corrected chi connectivity index (χ2v) is 5.65. The van der Waals surface area contributed by atoms with Gasteiger partial charge in [-0.15, -0.1) is 0 Å². The van der Waals surface area contributed by atoms with Gasteiger partial charge in [0.15, 0.2) is 5.78 Å². The summed E-state index contributed by atoms with van der Waals surface area (Å²) in [7, 11) is 1.84. The summed E-state index contributed by atoms with van der Waals surface area (Å²) < 4.78 is 1.70. The van der Waals surface area contributed by atoms with Gasteiger partial charge >= 0.3 is 0 Å². The Hall–Kier alpha value is -1.16. The smallest absolute Gasteiger partial charge is 0.177 e. The van der Waals surface area contributed by atoms with Gasteiger partial charge in [0.1, 0.15) is 5.69 Å². The minimum Gasteiger partial charge on any atom is -0.301 e. The van der Waals surface area contributed by atoms with Gasteiger partial charge in [-0.25, -0.2) is 0 Å². The Labute approximate surface area is 109 Å². The number of aromatic nitrogens is 2. The summed E-state index contributed by atoms with van der Waals surface area (Å²) in [6.07, 6.45) is 2.23. The molecule has 1 fully saturated rings. The third-order valence-corrected chi connectivity index (χ3v) is 3.84. The molecule has 0 bridgehead atoms. The normalized spacial score (nSPS) is 20.8. The van der Waals surface area contributed by atoms with Crippen molar-refractivity contribution in [2.45, 2.75) is 39.7 Å². The molecular formula is C14H23N3O. The molecule has 1 saturated heterocycles. The molecule has 0 saturated carbocycles. The molecule has 0 amide bonds. The molecule has 0 radical (unpaired) electrons. The second kappa shape index (κ2) is 5.22. The number of ketones is 1. The lowest BCUT2D eigenvalue weighted by Gasteiger charge is -2.19. The van der Waals surface area contributed by atoms with Gasteiger partial charge in [0, 0.05) is 26.6 Å². The zero-order valence-electron chi connectivity index (χ0n) is 11.8. The van der Waals surface area contributed by atoms with Crippen molar-refractivity contribution < 1.29 is 4.79 Å². The van der Waals surface area contributed by atoms with E-state index in [0.29, 0.717) is 17.7 Å². The van der Waals surface area contributed by atoms with Crippen molar-refractivity contribution in [2.75, 3.05) is 13.1 Å². The first kappa shape index (κ1) is 13.3. The summed E-state index contributed by atoms with van der Waals surface area (Å²) in [6, 6.07) is 2.58. The number of rotatable bonds is 4. The van der Waals surface area contributed by atoms with Gasteiger partial charge < -0.3 is 4.90 Å². The van der Waals surface area contributed by atoms with Crippen molar-refractivity contribution in [1.29, 1.82) is 0 Å². The quantitative estimate of drug-likeness (QED) is 0.765. The molecular weight excluding hydrogens is 226 g/mol. The summed E-state index contributed by atoms with van der Waals surface area (Å²) in [5.41, 5.74) is 1.77. The molecule has 1 unspecified atom stereocenters. The van der Waals surface area contributed by atoms with E-state index in [1.807, 2.05) is 13.1 Å². The Kier molecular flexibility index (Phi) is 3.85. The summed E-state index contributed by atoms with van der Waals surface area (Å²) in [5.74, 6) is 0.772. The first-order valence-corrected chi connectivity index (χ1v) is 6.75. The van der Waals surface area contributed by atoms with Crippen LogP contribution in [0.5, 0.6) is 0 Å². The van der Waals surface area contributed by atoms with E-state index >= 15 is 0 Å². The molecule has 0 spiro atoms. The van der Waals surface area contributed by atoms with Gasteiger partial charge in [-0.3, -0.25) is 9.48 Å². The van der Waals surface area contributed by atoms with Crippen LogP contribution in [0.4, 0.5) is 0 Å². The van der Waals surface area contributed by atoms with Crippen molar-refractivity contribution >= 4 is 5.78 Å². The minimum atomic E-state index is 0.0893. The summed E-state index contributed by atoms with van der Waals surface area (Å²) in [5, 5.41) is 4.44. The fourth-order valence-electron chi connectivity index (χ4n) is 2.75. The Bertz CT molecular complexity index is 436. The van der Waals surface area contributed by atoms with E-state index in [1.54, 1.807) is 11.6 Å². The zero-order valence-corrected chi connectivity index (χ0v) is 11.8. The highest BCUT2D eigenvalue weighted by atomic mass is 16.1. The fraction of sp³-hybridized carbons (Fsp3) is 0.714. The van der Waals surface area contributed by atoms with Gasteiger partial charge in [-0.1, -0.05) is 0 Å². The maximum absolute atomic E-state index is 11.4. The predicted octanol–water partition coefficient (Wildman–Crippen LogP) is 1.90. The number of hydrogen-bond donors (Lipinski definition) is 0. The summed E-state index contributed by atoms with van der Waals surface area (Å²) >= 11 is 0. The van der Waals surface area contributed by atoms with Crippen LogP contribution in [-0.4, -0.2) is 39.6 Å². The SMILES string of the molecule is CC(=O)c1cc(CC2CCN(C(C)C)C2)nn1C. The predicted molar refractivity (Wildman–Crippen MR) is 71.7 cm³/mol. The molecule has 1 aliphatic heterocycles. The highest BCUT2D eigenvalue weighted by Crippen LogP contribution is 2.22. The van der Waals surface area contributed by atoms with E-state index in [2.05, 4.69) is 23.8 Å². The second-order valence-electron chi connectivity index (χ2n) is 5.65. The average molecular weight is 249 g/mol. The molecule has 4 heteroatoms. The van der Waals surface area contributed by atoms with Crippen LogP contribution in [-0.2, 0) is 13.5 Å². The molecule has 4 nitrogen and oxygen atoms in total. The van der Waals surface area contributed by atoms with Crippen LogP contribution in [0.25, 0.3) is 0 Å². The summed E-state index contributed by atoms with van der Waals surface area (Å²) in [4.78, 5) is 13.9. The van der Waals surface area contributed by atoms with Gasteiger partial charge in [-0.05, 0) is 45.2 Å². The first-order valence-electron chi connectivity index (χ1n) is 6.75. The van der Waals surface area contributed by atoms with E-state index in [9.17, 15) is 4.79 Å². The Balaban J connectivity index is 1.99. The third-order valence-electron chi connectivity index (χ3n) is 3.84. The number of carbonyl (C=O) groups is 1. The molecule has 0 aliphatic carbocycles. The van der Waals surface area contributed by atoms with E-state index in [1.165, 1.54) is 13.0 Å². The van der Waals surface area contributed by atoms with Crippen LogP contribution < -0.4 is 0 Å². The average Bonchev–Trinajstić information content (AvgIpc) is 2.86. The topological polar surface area (TPSA) is 38.1 Å². The van der Waals surface area contributed by atoms with Crippen molar-refractivity contribution in [3.63, 3.8) is 0 Å². The molecule has 0 N–H and O–H groups in total. The van der Waals surface area contributed by atoms with E-state index in [0.717, 1.165) is 18.7 Å². The van der Waals surface area contributed by atoms with Crippen LogP contribution in [0.15, 0.2) is 6.07 Å². The van der Waals surface area contributed by atoms with Crippen LogP contribution in [0.2, 0.25) is 0 Å². The van der Waals surface area contributed by atoms with E-state index < -0.39 is 0 Å². The standard InChI is InChI=1S/C14H23N3O/c1-10(2)17-6-5-12(9-17)7-13-8-14(11(3)18)16(4)15-13/h8,10,12H,5-7,9H2,1-4H3. The molecule has 2 heterocycles. The lowest BCUT2D eigenvalue weighted by atomic mass is 10.0. The third kappa shape index (κ3) is 2.80. The van der Waals surface area contributed by atoms with Gasteiger partial charge in [0.05, 0.1) is 5.69 Å². The van der Waals surface area contributed by atoms with Crippen molar-refractivity contribution in [3.8, 4) is 0 Å². The number of aryl methyl sites for hydroxylation is 1. The zero-order chi connectivity index (χ0) is 13.3. The van der Waals surface area contributed by atoms with Crippen LogP contribution in [0.3, 0.4) is 0 Å². The molecule has 1 atom stereocenters. The van der Waals surface area contributed by atoms with Crippen molar-refractivity contribution in [2.24, 2.45) is 13.0 Å². The minimum absolute atomic E-state index is 0.0893. The van der Waals surface area contributed by atoms with Crippen molar-refractivity contribution in [1.82, 2.24) is 14.7 Å². The molecule has 18 heavy (non-hydrogen) atoms. The fourth-order valence-corrected chi connectivity index (χ4v) is 2.75. The largest absolute Gasteiger partial charge is 0.301 e. The highest BCUT2D eigenvalue weighted by molar-refractivity contribution is 5.92. The maximum Gasteiger partial charge on any atom is 0.177 e. The lowest BCUT2D eigenvalue weighted by Crippen LogP contribution is -2.28. The van der Waals surface area contributed by atoms with Crippen LogP contribution in [0, 0.1) is 5.92 Å². The summed E-state index contributed by atoms with van der Waals surface area (Å²) in [6.45, 7) is 8.43. The van der Waals surface area contributed by atoms with E-state index in [-0.39, 0.29) is 5.78 Å². The van der Waals surface area contributed by atoms with Crippen LogP contribution >= 0.6 is 0 Å². The Morgan fingerprint density at radius 3 is 2.78 bits per heavy atom. The van der Waals surface area contributed by atoms with Gasteiger partial charge in [0.25, 0.3) is 0 Å². The van der Waals surface area contributed by atoms with E-state index in [4.69, 9.17) is 0 Å². The van der Waals surface area contributed by atoms with Crippen LogP contribution in [0.1, 0.15) is 43.4 Å².